The number of hydrogen-bond acceptors (Lipinski definition) is 4. The zero-order valence-electron chi connectivity index (χ0n) is 10.6. The average molecular weight is 290 g/mol. The smallest absolute Gasteiger partial charge is 0.251 e. The zero-order chi connectivity index (χ0) is 13.2. The summed E-state index contributed by atoms with van der Waals surface area (Å²) >= 11 is 3.50. The second-order valence-electron chi connectivity index (χ2n) is 4.54. The molecular formula is C14H14N2OS2. The van der Waals surface area contributed by atoms with Gasteiger partial charge in [-0.05, 0) is 19.1 Å². The molecule has 2 aromatic rings. The Morgan fingerprint density at radius 3 is 2.58 bits per heavy atom. The van der Waals surface area contributed by atoms with Gasteiger partial charge in [0.1, 0.15) is 0 Å². The highest BCUT2D eigenvalue weighted by atomic mass is 32.2. The van der Waals surface area contributed by atoms with Gasteiger partial charge in [0.15, 0.2) is 0 Å². The molecule has 2 heterocycles. The summed E-state index contributed by atoms with van der Waals surface area (Å²) in [4.78, 5) is 16.4. The summed E-state index contributed by atoms with van der Waals surface area (Å²) in [5.74, 6) is 2.08. The molecule has 0 aliphatic carbocycles. The lowest BCUT2D eigenvalue weighted by Crippen LogP contribution is -2.43. The van der Waals surface area contributed by atoms with E-state index in [2.05, 4.69) is 10.3 Å². The number of aryl methyl sites for hydroxylation is 1. The fourth-order valence-corrected chi connectivity index (χ4v) is 3.14. The molecule has 0 atom stereocenters. The van der Waals surface area contributed by atoms with Crippen LogP contribution >= 0.6 is 23.1 Å². The number of carbonyl (C=O) groups excluding carboxylic acids is 1. The Labute approximate surface area is 120 Å². The summed E-state index contributed by atoms with van der Waals surface area (Å²) in [6.45, 7) is 1.99. The van der Waals surface area contributed by atoms with E-state index in [-0.39, 0.29) is 5.91 Å². The molecule has 1 aliphatic heterocycles. The molecule has 1 aliphatic rings. The van der Waals surface area contributed by atoms with Crippen LogP contribution in [0.25, 0.3) is 11.3 Å². The summed E-state index contributed by atoms with van der Waals surface area (Å²) < 4.78 is 0. The maximum atomic E-state index is 12.0. The molecule has 1 aromatic heterocycles. The van der Waals surface area contributed by atoms with Gasteiger partial charge in [0.25, 0.3) is 5.91 Å². The predicted octanol–water partition coefficient (Wildman–Crippen LogP) is 2.96. The number of amides is 1. The molecule has 1 fully saturated rings. The van der Waals surface area contributed by atoms with Crippen molar-refractivity contribution in [3.05, 3.63) is 40.2 Å². The third kappa shape index (κ3) is 2.82. The summed E-state index contributed by atoms with van der Waals surface area (Å²) in [6, 6.07) is 7.99. The van der Waals surface area contributed by atoms with Crippen LogP contribution in [0.5, 0.6) is 0 Å². The topological polar surface area (TPSA) is 42.0 Å². The zero-order valence-corrected chi connectivity index (χ0v) is 12.2. The van der Waals surface area contributed by atoms with Gasteiger partial charge in [-0.15, -0.1) is 11.3 Å². The molecule has 3 rings (SSSR count). The largest absolute Gasteiger partial charge is 0.348 e. The lowest BCUT2D eigenvalue weighted by Gasteiger charge is -2.25. The molecule has 0 unspecified atom stereocenters. The molecule has 1 saturated heterocycles. The van der Waals surface area contributed by atoms with Crippen LogP contribution < -0.4 is 5.32 Å². The van der Waals surface area contributed by atoms with Crippen molar-refractivity contribution in [1.29, 1.82) is 0 Å². The quantitative estimate of drug-likeness (QED) is 0.945. The first-order valence-electron chi connectivity index (χ1n) is 6.13. The van der Waals surface area contributed by atoms with Crippen molar-refractivity contribution >= 4 is 29.0 Å². The Balaban J connectivity index is 1.72. The van der Waals surface area contributed by atoms with E-state index < -0.39 is 0 Å². The lowest BCUT2D eigenvalue weighted by atomic mass is 10.1. The van der Waals surface area contributed by atoms with E-state index in [1.165, 1.54) is 0 Å². The van der Waals surface area contributed by atoms with Crippen LogP contribution in [0, 0.1) is 6.92 Å². The number of benzene rings is 1. The predicted molar refractivity (Wildman–Crippen MR) is 80.9 cm³/mol. The number of thiazole rings is 1. The van der Waals surface area contributed by atoms with Crippen molar-refractivity contribution in [2.75, 3.05) is 11.5 Å². The van der Waals surface area contributed by atoms with Gasteiger partial charge >= 0.3 is 0 Å². The van der Waals surface area contributed by atoms with E-state index in [1.807, 2.05) is 48.3 Å². The summed E-state index contributed by atoms with van der Waals surface area (Å²) in [6.07, 6.45) is 0. The van der Waals surface area contributed by atoms with Gasteiger partial charge in [0, 0.05) is 34.1 Å². The molecule has 1 aromatic carbocycles. The number of carbonyl (C=O) groups is 1. The van der Waals surface area contributed by atoms with E-state index in [1.54, 1.807) is 11.3 Å². The molecule has 19 heavy (non-hydrogen) atoms. The Morgan fingerprint density at radius 2 is 2.05 bits per heavy atom. The van der Waals surface area contributed by atoms with Gasteiger partial charge in [0.05, 0.1) is 10.7 Å². The molecule has 0 radical (unpaired) electrons. The van der Waals surface area contributed by atoms with Gasteiger partial charge in [-0.1, -0.05) is 12.1 Å². The minimum Gasteiger partial charge on any atom is -0.348 e. The van der Waals surface area contributed by atoms with Crippen molar-refractivity contribution in [2.45, 2.75) is 13.0 Å². The summed E-state index contributed by atoms with van der Waals surface area (Å²) in [5, 5.41) is 6.12. The highest BCUT2D eigenvalue weighted by Gasteiger charge is 2.20. The molecule has 1 amide bonds. The Kier molecular flexibility index (Phi) is 3.57. The number of thioether (sulfide) groups is 1. The van der Waals surface area contributed by atoms with Crippen LogP contribution in [0.4, 0.5) is 0 Å². The average Bonchev–Trinajstić information content (AvgIpc) is 2.80. The maximum Gasteiger partial charge on any atom is 0.251 e. The van der Waals surface area contributed by atoms with Crippen LogP contribution in [-0.2, 0) is 0 Å². The van der Waals surface area contributed by atoms with Crippen LogP contribution in [0.2, 0.25) is 0 Å². The van der Waals surface area contributed by atoms with Crippen LogP contribution in [0.15, 0.2) is 29.6 Å². The third-order valence-corrected chi connectivity index (χ3v) is 5.08. The Morgan fingerprint density at radius 1 is 1.32 bits per heavy atom. The van der Waals surface area contributed by atoms with Crippen molar-refractivity contribution in [3.63, 3.8) is 0 Å². The monoisotopic (exact) mass is 290 g/mol. The SMILES string of the molecule is Cc1nc(-c2ccc(C(=O)NC3CSC3)cc2)cs1. The summed E-state index contributed by atoms with van der Waals surface area (Å²) in [5.41, 5.74) is 2.75. The first kappa shape index (κ1) is 12.7. The lowest BCUT2D eigenvalue weighted by molar-refractivity contribution is 0.0943. The van der Waals surface area contributed by atoms with Gasteiger partial charge < -0.3 is 5.32 Å². The number of nitrogens with zero attached hydrogens (tertiary/aromatic N) is 1. The van der Waals surface area contributed by atoms with Gasteiger partial charge in [-0.25, -0.2) is 4.98 Å². The second kappa shape index (κ2) is 5.35. The number of hydrogen-bond donors (Lipinski definition) is 1. The molecule has 98 valence electrons. The van der Waals surface area contributed by atoms with E-state index >= 15 is 0 Å². The van der Waals surface area contributed by atoms with E-state index in [9.17, 15) is 4.79 Å². The van der Waals surface area contributed by atoms with E-state index in [0.717, 1.165) is 27.8 Å². The molecular weight excluding hydrogens is 276 g/mol. The number of nitrogens with one attached hydrogen (secondary N) is 1. The van der Waals surface area contributed by atoms with E-state index in [4.69, 9.17) is 0 Å². The van der Waals surface area contributed by atoms with Gasteiger partial charge in [0.2, 0.25) is 0 Å². The maximum absolute atomic E-state index is 12.0. The number of rotatable bonds is 3. The van der Waals surface area contributed by atoms with Gasteiger partial charge in [-0.2, -0.15) is 11.8 Å². The van der Waals surface area contributed by atoms with Crippen molar-refractivity contribution in [2.24, 2.45) is 0 Å². The molecule has 5 heteroatoms. The van der Waals surface area contributed by atoms with Gasteiger partial charge in [-0.3, -0.25) is 4.79 Å². The number of aromatic nitrogens is 1. The first-order valence-corrected chi connectivity index (χ1v) is 8.17. The highest BCUT2D eigenvalue weighted by molar-refractivity contribution is 8.00. The van der Waals surface area contributed by atoms with Crippen LogP contribution in [0.1, 0.15) is 15.4 Å². The van der Waals surface area contributed by atoms with E-state index in [0.29, 0.717) is 11.6 Å². The molecule has 0 spiro atoms. The third-order valence-electron chi connectivity index (χ3n) is 3.04. The molecule has 0 saturated carbocycles. The molecule has 0 bridgehead atoms. The normalized spacial score (nSPS) is 15.0. The van der Waals surface area contributed by atoms with Crippen molar-refractivity contribution in [1.82, 2.24) is 10.3 Å². The molecule has 1 N–H and O–H groups in total. The first-order chi connectivity index (χ1) is 9.22. The highest BCUT2D eigenvalue weighted by Crippen LogP contribution is 2.22. The minimum atomic E-state index is 0.0197. The van der Waals surface area contributed by atoms with Crippen LogP contribution in [0.3, 0.4) is 0 Å². The van der Waals surface area contributed by atoms with Crippen molar-refractivity contribution in [3.8, 4) is 11.3 Å². The second-order valence-corrected chi connectivity index (χ2v) is 6.67. The van der Waals surface area contributed by atoms with Crippen LogP contribution in [-0.4, -0.2) is 28.4 Å². The van der Waals surface area contributed by atoms with Crippen molar-refractivity contribution < 1.29 is 4.79 Å². The molecule has 3 nitrogen and oxygen atoms in total. The summed E-state index contributed by atoms with van der Waals surface area (Å²) in [7, 11) is 0. The minimum absolute atomic E-state index is 0.0197. The fourth-order valence-electron chi connectivity index (χ4n) is 1.88. The standard InChI is InChI=1S/C14H14N2OS2/c1-9-15-13(8-19-9)10-2-4-11(5-3-10)14(17)16-12-6-18-7-12/h2-5,8,12H,6-7H2,1H3,(H,16,17). The fraction of sp³-hybridized carbons (Fsp3) is 0.286. The Bertz CT molecular complexity index is 588. The Hall–Kier alpha value is -1.33.